The first-order valence-corrected chi connectivity index (χ1v) is 7.70. The molecular formula is C20H19NO2. The van der Waals surface area contributed by atoms with E-state index < -0.39 is 5.54 Å². The Hall–Kier alpha value is -2.68. The number of nitrogens with zero attached hydrogens (tertiary/aromatic N) is 1. The molecule has 0 unspecified atom stereocenters. The molecule has 0 amide bonds. The van der Waals surface area contributed by atoms with Gasteiger partial charge in [0.15, 0.2) is 5.54 Å². The van der Waals surface area contributed by atoms with E-state index in [2.05, 4.69) is 4.99 Å². The predicted molar refractivity (Wildman–Crippen MR) is 92.1 cm³/mol. The lowest BCUT2D eigenvalue weighted by molar-refractivity contribution is -0.139. The molecule has 0 saturated carbocycles. The molecule has 3 nitrogen and oxygen atoms in total. The third-order valence-electron chi connectivity index (χ3n) is 4.22. The molecule has 0 radical (unpaired) electrons. The van der Waals surface area contributed by atoms with Crippen LogP contribution in [0.1, 0.15) is 25.0 Å². The summed E-state index contributed by atoms with van der Waals surface area (Å²) < 4.78 is 5.41. The Morgan fingerprint density at radius 1 is 1.04 bits per heavy atom. The number of hydrogen-bond donors (Lipinski definition) is 0. The van der Waals surface area contributed by atoms with Gasteiger partial charge >= 0.3 is 5.97 Å². The maximum Gasteiger partial charge on any atom is 0.341 e. The van der Waals surface area contributed by atoms with Gasteiger partial charge in [-0.1, -0.05) is 67.6 Å². The molecule has 0 bridgehead atoms. The molecule has 1 aliphatic rings. The van der Waals surface area contributed by atoms with Crippen molar-refractivity contribution in [3.05, 3.63) is 77.9 Å². The zero-order valence-corrected chi connectivity index (χ0v) is 13.3. The van der Waals surface area contributed by atoms with Crippen molar-refractivity contribution in [2.45, 2.75) is 19.4 Å². The van der Waals surface area contributed by atoms with Crippen LogP contribution in [-0.2, 0) is 9.53 Å². The van der Waals surface area contributed by atoms with E-state index in [0.717, 1.165) is 11.1 Å². The molecule has 0 N–H and O–H groups in total. The number of cyclic esters (lactones) is 1. The van der Waals surface area contributed by atoms with Crippen LogP contribution in [0.3, 0.4) is 0 Å². The van der Waals surface area contributed by atoms with E-state index in [0.29, 0.717) is 5.90 Å². The lowest BCUT2D eigenvalue weighted by Crippen LogP contribution is -2.36. The van der Waals surface area contributed by atoms with E-state index in [9.17, 15) is 4.79 Å². The minimum Gasteiger partial charge on any atom is -0.405 e. The van der Waals surface area contributed by atoms with Gasteiger partial charge in [0.25, 0.3) is 0 Å². The molecule has 2 atom stereocenters. The minimum atomic E-state index is -0.892. The molecule has 0 spiro atoms. The maximum atomic E-state index is 12.4. The summed E-state index contributed by atoms with van der Waals surface area (Å²) in [7, 11) is 0. The van der Waals surface area contributed by atoms with Crippen molar-refractivity contribution in [1.29, 1.82) is 0 Å². The third kappa shape index (κ3) is 3.09. The van der Waals surface area contributed by atoms with Crippen LogP contribution in [0.4, 0.5) is 0 Å². The van der Waals surface area contributed by atoms with E-state index in [1.165, 1.54) is 0 Å². The highest BCUT2D eigenvalue weighted by atomic mass is 16.6. The normalized spacial score (nSPS) is 22.0. The van der Waals surface area contributed by atoms with Crippen LogP contribution in [0.2, 0.25) is 0 Å². The molecule has 0 aromatic heterocycles. The van der Waals surface area contributed by atoms with Crippen LogP contribution < -0.4 is 0 Å². The summed E-state index contributed by atoms with van der Waals surface area (Å²) in [5.74, 6) is 0.0241. The van der Waals surface area contributed by atoms with Crippen LogP contribution in [0.5, 0.6) is 0 Å². The van der Waals surface area contributed by atoms with Crippen LogP contribution >= 0.6 is 0 Å². The first-order chi connectivity index (χ1) is 11.1. The fourth-order valence-electron chi connectivity index (χ4n) is 2.47. The Kier molecular flexibility index (Phi) is 4.11. The summed E-state index contributed by atoms with van der Waals surface area (Å²) in [6.07, 6.45) is 4.02. The summed E-state index contributed by atoms with van der Waals surface area (Å²) in [5.41, 5.74) is 1.03. The number of carbonyl (C=O) groups is 1. The maximum absolute atomic E-state index is 12.4. The van der Waals surface area contributed by atoms with Crippen molar-refractivity contribution < 1.29 is 9.53 Å². The first-order valence-electron chi connectivity index (χ1n) is 7.70. The van der Waals surface area contributed by atoms with E-state index in [-0.39, 0.29) is 11.9 Å². The number of rotatable bonds is 4. The van der Waals surface area contributed by atoms with Crippen LogP contribution in [0, 0.1) is 5.92 Å². The average Bonchev–Trinajstić information content (AvgIpc) is 2.91. The number of hydrogen-bond acceptors (Lipinski definition) is 3. The van der Waals surface area contributed by atoms with Gasteiger partial charge in [-0.25, -0.2) is 9.79 Å². The van der Waals surface area contributed by atoms with Gasteiger partial charge in [0, 0.05) is 11.5 Å². The fraction of sp³-hybridized carbons (Fsp3) is 0.200. The molecule has 116 valence electrons. The Bertz CT molecular complexity index is 750. The Morgan fingerprint density at radius 2 is 1.65 bits per heavy atom. The van der Waals surface area contributed by atoms with E-state index in [4.69, 9.17) is 4.74 Å². The molecule has 2 aromatic rings. The highest BCUT2D eigenvalue weighted by Gasteiger charge is 2.45. The molecule has 0 aliphatic carbocycles. The summed E-state index contributed by atoms with van der Waals surface area (Å²) >= 11 is 0. The number of aliphatic imine (C=N–C) groups is 1. The zero-order valence-electron chi connectivity index (χ0n) is 13.3. The topological polar surface area (TPSA) is 38.7 Å². The Balaban J connectivity index is 1.84. The molecule has 3 heteroatoms. The Morgan fingerprint density at radius 3 is 2.30 bits per heavy atom. The van der Waals surface area contributed by atoms with Gasteiger partial charge in [0.05, 0.1) is 0 Å². The quantitative estimate of drug-likeness (QED) is 0.798. The highest BCUT2D eigenvalue weighted by molar-refractivity contribution is 6.08. The number of esters is 1. The Labute approximate surface area is 136 Å². The van der Waals surface area contributed by atoms with Crippen LogP contribution in [0.15, 0.2) is 71.7 Å². The lowest BCUT2D eigenvalue weighted by Gasteiger charge is -2.21. The fourth-order valence-corrected chi connectivity index (χ4v) is 2.47. The molecule has 1 aliphatic heterocycles. The molecular weight excluding hydrogens is 286 g/mol. The van der Waals surface area contributed by atoms with Gasteiger partial charge in [-0.05, 0) is 24.6 Å². The monoisotopic (exact) mass is 305 g/mol. The molecule has 23 heavy (non-hydrogen) atoms. The summed E-state index contributed by atoms with van der Waals surface area (Å²) in [5, 5.41) is 0. The van der Waals surface area contributed by atoms with Gasteiger partial charge in [-0.15, -0.1) is 0 Å². The third-order valence-corrected chi connectivity index (χ3v) is 4.22. The van der Waals surface area contributed by atoms with Crippen molar-refractivity contribution in [3.63, 3.8) is 0 Å². The van der Waals surface area contributed by atoms with Crippen molar-refractivity contribution in [2.24, 2.45) is 10.9 Å². The van der Waals surface area contributed by atoms with Crippen LogP contribution in [-0.4, -0.2) is 17.4 Å². The first kappa shape index (κ1) is 15.2. The summed E-state index contributed by atoms with van der Waals surface area (Å²) in [6.45, 7) is 3.81. The standard InChI is InChI=1S/C20H19NO2/c1-15(13-14-16-9-5-3-6-10-16)20(2)19(22)23-18(21-20)17-11-7-4-8-12-17/h3-15H,1-2H3/b14-13+/t15-,20-/m1/s1. The second kappa shape index (κ2) is 6.21. The highest BCUT2D eigenvalue weighted by Crippen LogP contribution is 2.31. The van der Waals surface area contributed by atoms with Gasteiger partial charge in [0.1, 0.15) is 0 Å². The summed E-state index contributed by atoms with van der Waals surface area (Å²) in [4.78, 5) is 16.9. The molecule has 1 heterocycles. The minimum absolute atomic E-state index is 0.0728. The number of ether oxygens (including phenoxy) is 1. The molecule has 0 fully saturated rings. The zero-order chi connectivity index (χ0) is 16.3. The van der Waals surface area contributed by atoms with Crippen molar-refractivity contribution >= 4 is 17.9 Å². The molecule has 3 rings (SSSR count). The predicted octanol–water partition coefficient (Wildman–Crippen LogP) is 4.10. The average molecular weight is 305 g/mol. The van der Waals surface area contributed by atoms with Gasteiger partial charge < -0.3 is 4.74 Å². The van der Waals surface area contributed by atoms with Gasteiger partial charge in [-0.3, -0.25) is 0 Å². The van der Waals surface area contributed by atoms with Gasteiger partial charge in [0.2, 0.25) is 5.90 Å². The van der Waals surface area contributed by atoms with E-state index in [1.54, 1.807) is 0 Å². The van der Waals surface area contributed by atoms with Gasteiger partial charge in [-0.2, -0.15) is 0 Å². The van der Waals surface area contributed by atoms with Crippen LogP contribution in [0.25, 0.3) is 6.08 Å². The van der Waals surface area contributed by atoms with Crippen molar-refractivity contribution in [2.75, 3.05) is 0 Å². The van der Waals surface area contributed by atoms with Crippen molar-refractivity contribution in [1.82, 2.24) is 0 Å². The second-order valence-corrected chi connectivity index (χ2v) is 5.88. The molecule has 2 aromatic carbocycles. The van der Waals surface area contributed by atoms with E-state index >= 15 is 0 Å². The number of carbonyl (C=O) groups excluding carboxylic acids is 1. The smallest absolute Gasteiger partial charge is 0.341 e. The SMILES string of the molecule is C[C@H](/C=C/c1ccccc1)[C@@]1(C)N=C(c2ccccc2)OC1=O. The lowest BCUT2D eigenvalue weighted by atomic mass is 9.87. The molecule has 0 saturated heterocycles. The number of benzene rings is 2. The second-order valence-electron chi connectivity index (χ2n) is 5.88. The van der Waals surface area contributed by atoms with E-state index in [1.807, 2.05) is 86.7 Å². The summed E-state index contributed by atoms with van der Waals surface area (Å²) in [6, 6.07) is 19.5. The van der Waals surface area contributed by atoms with Crippen molar-refractivity contribution in [3.8, 4) is 0 Å². The largest absolute Gasteiger partial charge is 0.405 e.